The second kappa shape index (κ2) is 9.32. The number of halogens is 1. The summed E-state index contributed by atoms with van der Waals surface area (Å²) in [6.45, 7) is 0. The van der Waals surface area contributed by atoms with Gasteiger partial charge in [0.2, 0.25) is 5.78 Å². The van der Waals surface area contributed by atoms with Crippen molar-refractivity contribution in [3.05, 3.63) is 83.0 Å². The lowest BCUT2D eigenvalue weighted by atomic mass is 9.99. The quantitative estimate of drug-likeness (QED) is 0.278. The zero-order valence-electron chi connectivity index (χ0n) is 18.6. The number of ether oxygens (including phenoxy) is 2. The van der Waals surface area contributed by atoms with Crippen molar-refractivity contribution in [2.75, 3.05) is 20.5 Å². The van der Waals surface area contributed by atoms with E-state index in [1.165, 1.54) is 26.4 Å². The first-order valence-corrected chi connectivity index (χ1v) is 12.4. The first-order chi connectivity index (χ1) is 16.2. The van der Waals surface area contributed by atoms with E-state index in [1.54, 1.807) is 30.5 Å². The van der Waals surface area contributed by atoms with Gasteiger partial charge in [-0.25, -0.2) is 13.4 Å². The van der Waals surface area contributed by atoms with Crippen LogP contribution in [0.5, 0.6) is 11.5 Å². The number of hydrogen-bond acceptors (Lipinski definition) is 6. The summed E-state index contributed by atoms with van der Waals surface area (Å²) >= 11 is 6.14. The molecule has 34 heavy (non-hydrogen) atoms. The van der Waals surface area contributed by atoms with Crippen LogP contribution < -0.4 is 9.47 Å². The van der Waals surface area contributed by atoms with Gasteiger partial charge in [-0.2, -0.15) is 0 Å². The van der Waals surface area contributed by atoms with E-state index in [0.717, 1.165) is 17.2 Å². The Morgan fingerprint density at radius 2 is 1.74 bits per heavy atom. The molecule has 3 aromatic carbocycles. The summed E-state index contributed by atoms with van der Waals surface area (Å²) in [5.41, 5.74) is 1.92. The highest BCUT2D eigenvalue weighted by Gasteiger charge is 2.23. The number of aromatic nitrogens is 1. The molecule has 0 radical (unpaired) electrons. The van der Waals surface area contributed by atoms with Gasteiger partial charge in [0.15, 0.2) is 9.84 Å². The van der Waals surface area contributed by atoms with Gasteiger partial charge < -0.3 is 14.5 Å². The van der Waals surface area contributed by atoms with Gasteiger partial charge in [0.1, 0.15) is 17.2 Å². The normalized spacial score (nSPS) is 12.1. The van der Waals surface area contributed by atoms with E-state index in [-0.39, 0.29) is 22.1 Å². The minimum Gasteiger partial charge on any atom is -0.497 e. The smallest absolute Gasteiger partial charge is 0.214 e. The molecule has 0 amide bonds. The first-order valence-electron chi connectivity index (χ1n) is 10.1. The number of rotatable bonds is 7. The number of carbonyl (C=O) groups excluding carboxylic acids is 1. The molecule has 0 unspecified atom stereocenters. The van der Waals surface area contributed by atoms with Gasteiger partial charge in [-0.05, 0) is 36.4 Å². The standard InChI is InChI=1S/C25H21ClN2O5S/c1-32-17-11-16(12-18(13-17)34(3,30)31)28-24(20-9-8-15(26)10-23(20)33-2)25(29)21-14-27-22-7-5-4-6-19(21)22/h4-14,27H,1-3H3. The Morgan fingerprint density at radius 3 is 2.44 bits per heavy atom. The number of benzene rings is 3. The molecule has 0 atom stereocenters. The number of carbonyl (C=O) groups is 1. The Bertz CT molecular complexity index is 1540. The highest BCUT2D eigenvalue weighted by atomic mass is 35.5. The van der Waals surface area contributed by atoms with Crippen LogP contribution in [0.15, 0.2) is 76.7 Å². The van der Waals surface area contributed by atoms with Crippen LogP contribution in [0.3, 0.4) is 0 Å². The summed E-state index contributed by atoms with van der Waals surface area (Å²) < 4.78 is 35.1. The molecule has 1 heterocycles. The predicted octanol–water partition coefficient (Wildman–Crippen LogP) is 5.25. The summed E-state index contributed by atoms with van der Waals surface area (Å²) in [7, 11) is -0.656. The SMILES string of the molecule is COc1cc(N=C(C(=O)c2c[nH]c3ccccc23)c2ccc(Cl)cc2OC)cc(S(C)(=O)=O)c1. The van der Waals surface area contributed by atoms with Crippen molar-refractivity contribution in [1.82, 2.24) is 4.98 Å². The van der Waals surface area contributed by atoms with Crippen LogP contribution in [0.4, 0.5) is 5.69 Å². The molecule has 1 N–H and O–H groups in total. The van der Waals surface area contributed by atoms with Gasteiger partial charge in [0, 0.05) is 45.6 Å². The summed E-state index contributed by atoms with van der Waals surface area (Å²) in [4.78, 5) is 21.5. The van der Waals surface area contributed by atoms with E-state index in [2.05, 4.69) is 9.98 Å². The third kappa shape index (κ3) is 4.69. The number of para-hydroxylation sites is 1. The Morgan fingerprint density at radius 1 is 0.971 bits per heavy atom. The molecular weight excluding hydrogens is 476 g/mol. The maximum Gasteiger partial charge on any atom is 0.214 e. The van der Waals surface area contributed by atoms with Crippen LogP contribution in [-0.2, 0) is 9.84 Å². The number of fused-ring (bicyclic) bond motifs is 1. The first kappa shape index (κ1) is 23.5. The molecule has 1 aromatic heterocycles. The van der Waals surface area contributed by atoms with Crippen molar-refractivity contribution < 1.29 is 22.7 Å². The number of ketones is 1. The minimum atomic E-state index is -3.55. The fraction of sp³-hybridized carbons (Fsp3) is 0.120. The van der Waals surface area contributed by atoms with Gasteiger partial charge in [0.05, 0.1) is 24.8 Å². The molecule has 0 aliphatic rings. The van der Waals surface area contributed by atoms with Gasteiger partial charge in [-0.3, -0.25) is 4.79 Å². The van der Waals surface area contributed by atoms with E-state index < -0.39 is 9.84 Å². The molecule has 0 bridgehead atoms. The molecular formula is C25H21ClN2O5S. The maximum absolute atomic E-state index is 13.8. The van der Waals surface area contributed by atoms with Crippen molar-refractivity contribution >= 4 is 49.5 Å². The number of nitrogens with zero attached hydrogens (tertiary/aromatic N) is 1. The fourth-order valence-corrected chi connectivity index (χ4v) is 4.39. The maximum atomic E-state index is 13.8. The molecule has 9 heteroatoms. The number of hydrogen-bond donors (Lipinski definition) is 1. The summed E-state index contributed by atoms with van der Waals surface area (Å²) in [6, 6.07) is 16.6. The Hall–Kier alpha value is -3.62. The van der Waals surface area contributed by atoms with Crippen LogP contribution in [0, 0.1) is 0 Å². The highest BCUT2D eigenvalue weighted by molar-refractivity contribution is 7.90. The number of Topliss-reactive ketones (excluding diaryl/α,β-unsaturated/α-hetero) is 1. The number of aromatic amines is 1. The van der Waals surface area contributed by atoms with Crippen molar-refractivity contribution in [2.45, 2.75) is 4.90 Å². The Balaban J connectivity index is 1.98. The van der Waals surface area contributed by atoms with Crippen LogP contribution >= 0.6 is 11.6 Å². The average molecular weight is 497 g/mol. The molecule has 0 aliphatic carbocycles. The van der Waals surface area contributed by atoms with Gasteiger partial charge >= 0.3 is 0 Å². The van der Waals surface area contributed by atoms with Crippen LogP contribution in [0.2, 0.25) is 5.02 Å². The van der Waals surface area contributed by atoms with Gasteiger partial charge in [0.25, 0.3) is 0 Å². The second-order valence-electron chi connectivity index (χ2n) is 7.52. The zero-order valence-corrected chi connectivity index (χ0v) is 20.2. The average Bonchev–Trinajstić information content (AvgIpc) is 3.25. The molecule has 174 valence electrons. The summed E-state index contributed by atoms with van der Waals surface area (Å²) in [5.74, 6) is 0.274. The largest absolute Gasteiger partial charge is 0.497 e. The molecule has 4 aromatic rings. The number of H-pyrrole nitrogens is 1. The van der Waals surface area contributed by atoms with Crippen LogP contribution in [-0.4, -0.2) is 45.4 Å². The fourth-order valence-electron chi connectivity index (χ4n) is 3.56. The van der Waals surface area contributed by atoms with Gasteiger partial charge in [-0.1, -0.05) is 29.8 Å². The van der Waals surface area contributed by atoms with Crippen LogP contribution in [0.1, 0.15) is 15.9 Å². The lowest BCUT2D eigenvalue weighted by molar-refractivity contribution is 0.106. The molecule has 0 spiro atoms. The van der Waals surface area contributed by atoms with Crippen molar-refractivity contribution in [2.24, 2.45) is 4.99 Å². The summed E-state index contributed by atoms with van der Waals surface area (Å²) in [5, 5.41) is 1.16. The van der Waals surface area contributed by atoms with Crippen molar-refractivity contribution in [3.8, 4) is 11.5 Å². The monoisotopic (exact) mass is 496 g/mol. The number of aliphatic imine (C=N–C) groups is 1. The third-order valence-corrected chi connectivity index (χ3v) is 6.56. The van der Waals surface area contributed by atoms with Crippen molar-refractivity contribution in [3.63, 3.8) is 0 Å². The van der Waals surface area contributed by atoms with E-state index in [9.17, 15) is 13.2 Å². The summed E-state index contributed by atoms with van der Waals surface area (Å²) in [6.07, 6.45) is 2.72. The molecule has 0 fully saturated rings. The Labute approximate surface area is 201 Å². The predicted molar refractivity (Wildman–Crippen MR) is 133 cm³/mol. The van der Waals surface area contributed by atoms with E-state index in [4.69, 9.17) is 21.1 Å². The molecule has 4 rings (SSSR count). The minimum absolute atomic E-state index is 0.0209. The van der Waals surface area contributed by atoms with Crippen molar-refractivity contribution in [1.29, 1.82) is 0 Å². The third-order valence-electron chi connectivity index (χ3n) is 5.24. The van der Waals surface area contributed by atoms with E-state index >= 15 is 0 Å². The second-order valence-corrected chi connectivity index (χ2v) is 9.97. The lowest BCUT2D eigenvalue weighted by Crippen LogP contribution is -2.16. The topological polar surface area (TPSA) is 97.8 Å². The van der Waals surface area contributed by atoms with Crippen LogP contribution in [0.25, 0.3) is 10.9 Å². The van der Waals surface area contributed by atoms with E-state index in [0.29, 0.717) is 27.6 Å². The molecule has 7 nitrogen and oxygen atoms in total. The Kier molecular flexibility index (Phi) is 6.45. The number of methoxy groups -OCH3 is 2. The number of nitrogens with one attached hydrogen (secondary N) is 1. The number of sulfone groups is 1. The highest BCUT2D eigenvalue weighted by Crippen LogP contribution is 2.31. The van der Waals surface area contributed by atoms with Gasteiger partial charge in [-0.15, -0.1) is 0 Å². The molecule has 0 saturated heterocycles. The molecule has 0 saturated carbocycles. The van der Waals surface area contributed by atoms with E-state index in [1.807, 2.05) is 24.3 Å². The molecule has 0 aliphatic heterocycles. The zero-order chi connectivity index (χ0) is 24.5. The lowest BCUT2D eigenvalue weighted by Gasteiger charge is -2.12.